The Kier molecular flexibility index (Phi) is 3.38. The van der Waals surface area contributed by atoms with Gasteiger partial charge in [-0.1, -0.05) is 25.1 Å². The van der Waals surface area contributed by atoms with Gasteiger partial charge in [0, 0.05) is 36.3 Å². The molecule has 1 heterocycles. The third-order valence-electron chi connectivity index (χ3n) is 3.78. The second kappa shape index (κ2) is 5.17. The smallest absolute Gasteiger partial charge is 0.0723 e. The number of nitrogens with zero attached hydrogens (tertiary/aromatic N) is 2. The minimum atomic E-state index is 0.556. The molecule has 0 spiro atoms. The molecule has 1 fully saturated rings. The van der Waals surface area contributed by atoms with Gasteiger partial charge in [-0.3, -0.25) is 4.98 Å². The van der Waals surface area contributed by atoms with Gasteiger partial charge in [-0.25, -0.2) is 0 Å². The Hall–Kier alpha value is -1.61. The van der Waals surface area contributed by atoms with Crippen LogP contribution in [0.1, 0.15) is 31.7 Å². The molecule has 1 aliphatic carbocycles. The molecule has 0 atom stereocenters. The molecule has 3 nitrogen and oxygen atoms in total. The van der Waals surface area contributed by atoms with Gasteiger partial charge in [0.25, 0.3) is 0 Å². The van der Waals surface area contributed by atoms with E-state index in [1.165, 1.54) is 29.5 Å². The zero-order chi connectivity index (χ0) is 13.2. The molecule has 3 rings (SSSR count). The maximum atomic E-state index is 5.93. The third-order valence-corrected chi connectivity index (χ3v) is 3.78. The van der Waals surface area contributed by atoms with Crippen molar-refractivity contribution in [3.63, 3.8) is 0 Å². The van der Waals surface area contributed by atoms with E-state index in [0.717, 1.165) is 18.5 Å². The molecule has 1 aromatic heterocycles. The van der Waals surface area contributed by atoms with E-state index in [9.17, 15) is 0 Å². The van der Waals surface area contributed by atoms with Crippen molar-refractivity contribution in [2.45, 2.75) is 38.8 Å². The Morgan fingerprint density at radius 2 is 2.11 bits per heavy atom. The van der Waals surface area contributed by atoms with Crippen molar-refractivity contribution in [1.29, 1.82) is 0 Å². The first-order chi connectivity index (χ1) is 9.35. The Labute approximate surface area is 114 Å². The lowest BCUT2D eigenvalue weighted by molar-refractivity contribution is 0.759. The Bertz CT molecular complexity index is 575. The fourth-order valence-electron chi connectivity index (χ4n) is 2.76. The van der Waals surface area contributed by atoms with E-state index in [4.69, 9.17) is 5.73 Å². The van der Waals surface area contributed by atoms with Crippen molar-refractivity contribution in [2.24, 2.45) is 5.73 Å². The summed E-state index contributed by atoms with van der Waals surface area (Å²) in [5.74, 6) is 0. The Morgan fingerprint density at radius 3 is 2.79 bits per heavy atom. The molecule has 0 saturated heterocycles. The number of hydrogen-bond donors (Lipinski definition) is 1. The predicted molar refractivity (Wildman–Crippen MR) is 80.3 cm³/mol. The highest BCUT2D eigenvalue weighted by Gasteiger charge is 2.30. The topological polar surface area (TPSA) is 42.1 Å². The van der Waals surface area contributed by atoms with Crippen LogP contribution in [0, 0.1) is 0 Å². The van der Waals surface area contributed by atoms with E-state index in [2.05, 4.69) is 35.0 Å². The van der Waals surface area contributed by atoms with E-state index in [-0.39, 0.29) is 0 Å². The monoisotopic (exact) mass is 255 g/mol. The van der Waals surface area contributed by atoms with Crippen LogP contribution in [0.4, 0.5) is 5.69 Å². The summed E-state index contributed by atoms with van der Waals surface area (Å²) in [4.78, 5) is 7.08. The first kappa shape index (κ1) is 12.4. The molecule has 0 bridgehead atoms. The second-order valence-corrected chi connectivity index (χ2v) is 5.28. The highest BCUT2D eigenvalue weighted by atomic mass is 15.2. The van der Waals surface area contributed by atoms with Crippen molar-refractivity contribution < 1.29 is 0 Å². The normalized spacial score (nSPS) is 14.8. The van der Waals surface area contributed by atoms with Crippen LogP contribution in [0.2, 0.25) is 0 Å². The standard InChI is InChI=1S/C16H21N3/c1-2-9-19(13-7-8-13)16-12(10-17)11-18-15-6-4-3-5-14(15)16/h3-6,11,13H,2,7-10,17H2,1H3. The molecule has 100 valence electrons. The number of rotatable bonds is 5. The highest BCUT2D eigenvalue weighted by Crippen LogP contribution is 2.37. The van der Waals surface area contributed by atoms with Crippen LogP contribution < -0.4 is 10.6 Å². The molecule has 0 aliphatic heterocycles. The van der Waals surface area contributed by atoms with Crippen molar-refractivity contribution in [3.8, 4) is 0 Å². The third kappa shape index (κ3) is 2.30. The zero-order valence-corrected chi connectivity index (χ0v) is 11.5. The van der Waals surface area contributed by atoms with Gasteiger partial charge >= 0.3 is 0 Å². The fraction of sp³-hybridized carbons (Fsp3) is 0.438. The maximum Gasteiger partial charge on any atom is 0.0723 e. The van der Waals surface area contributed by atoms with E-state index >= 15 is 0 Å². The number of benzene rings is 1. The lowest BCUT2D eigenvalue weighted by Gasteiger charge is -2.27. The summed E-state index contributed by atoms with van der Waals surface area (Å²) < 4.78 is 0. The summed E-state index contributed by atoms with van der Waals surface area (Å²) in [5.41, 5.74) is 9.48. The quantitative estimate of drug-likeness (QED) is 0.892. The van der Waals surface area contributed by atoms with Gasteiger partial charge in [0.2, 0.25) is 0 Å². The first-order valence-corrected chi connectivity index (χ1v) is 7.18. The van der Waals surface area contributed by atoms with Gasteiger partial charge in [0.15, 0.2) is 0 Å². The molecule has 19 heavy (non-hydrogen) atoms. The number of fused-ring (bicyclic) bond motifs is 1. The van der Waals surface area contributed by atoms with Crippen LogP contribution in [0.15, 0.2) is 30.5 Å². The highest BCUT2D eigenvalue weighted by molar-refractivity contribution is 5.93. The van der Waals surface area contributed by atoms with Gasteiger partial charge in [-0.15, -0.1) is 0 Å². The molecule has 2 N–H and O–H groups in total. The lowest BCUT2D eigenvalue weighted by atomic mass is 10.1. The van der Waals surface area contributed by atoms with Crippen LogP contribution in [0.3, 0.4) is 0 Å². The van der Waals surface area contributed by atoms with Crippen LogP contribution in [0.5, 0.6) is 0 Å². The van der Waals surface area contributed by atoms with Crippen LogP contribution in [0.25, 0.3) is 10.9 Å². The van der Waals surface area contributed by atoms with Crippen molar-refractivity contribution >= 4 is 16.6 Å². The molecular formula is C16H21N3. The molecule has 0 unspecified atom stereocenters. The summed E-state index contributed by atoms with van der Waals surface area (Å²) >= 11 is 0. The van der Waals surface area contributed by atoms with Gasteiger partial charge in [-0.2, -0.15) is 0 Å². The van der Waals surface area contributed by atoms with E-state index in [1.54, 1.807) is 0 Å². The summed E-state index contributed by atoms with van der Waals surface area (Å²) in [6.07, 6.45) is 5.72. The summed E-state index contributed by atoms with van der Waals surface area (Å²) in [6.45, 7) is 3.90. The Morgan fingerprint density at radius 1 is 1.32 bits per heavy atom. The van der Waals surface area contributed by atoms with Crippen molar-refractivity contribution in [2.75, 3.05) is 11.4 Å². The largest absolute Gasteiger partial charge is 0.368 e. The SMILES string of the molecule is CCCN(c1c(CN)cnc2ccccc12)C1CC1. The fourth-order valence-corrected chi connectivity index (χ4v) is 2.76. The second-order valence-electron chi connectivity index (χ2n) is 5.28. The predicted octanol–water partition coefficient (Wildman–Crippen LogP) is 3.07. The van der Waals surface area contributed by atoms with Crippen molar-refractivity contribution in [1.82, 2.24) is 4.98 Å². The number of para-hydroxylation sites is 1. The number of hydrogen-bond acceptors (Lipinski definition) is 3. The summed E-state index contributed by atoms with van der Waals surface area (Å²) in [6, 6.07) is 9.09. The molecule has 0 amide bonds. The molecule has 2 aromatic rings. The van der Waals surface area contributed by atoms with Crippen LogP contribution in [-0.2, 0) is 6.54 Å². The van der Waals surface area contributed by atoms with Crippen LogP contribution in [-0.4, -0.2) is 17.6 Å². The minimum absolute atomic E-state index is 0.556. The van der Waals surface area contributed by atoms with E-state index in [1.807, 2.05) is 12.3 Å². The summed E-state index contributed by atoms with van der Waals surface area (Å²) in [5, 5.41) is 1.24. The molecule has 3 heteroatoms. The summed E-state index contributed by atoms with van der Waals surface area (Å²) in [7, 11) is 0. The van der Waals surface area contributed by atoms with E-state index < -0.39 is 0 Å². The minimum Gasteiger partial charge on any atom is -0.368 e. The zero-order valence-electron chi connectivity index (χ0n) is 11.5. The Balaban J connectivity index is 2.17. The first-order valence-electron chi connectivity index (χ1n) is 7.18. The average Bonchev–Trinajstić information content (AvgIpc) is 3.28. The van der Waals surface area contributed by atoms with Crippen molar-refractivity contribution in [3.05, 3.63) is 36.0 Å². The number of anilines is 1. The van der Waals surface area contributed by atoms with Crippen LogP contribution >= 0.6 is 0 Å². The lowest BCUT2D eigenvalue weighted by Crippen LogP contribution is -2.28. The molecule has 1 aromatic carbocycles. The van der Waals surface area contributed by atoms with Gasteiger partial charge in [0.1, 0.15) is 0 Å². The molecule has 1 saturated carbocycles. The maximum absolute atomic E-state index is 5.93. The van der Waals surface area contributed by atoms with Gasteiger partial charge in [-0.05, 0) is 25.3 Å². The number of aromatic nitrogens is 1. The van der Waals surface area contributed by atoms with E-state index in [0.29, 0.717) is 12.6 Å². The van der Waals surface area contributed by atoms with Gasteiger partial charge < -0.3 is 10.6 Å². The molecule has 1 aliphatic rings. The number of pyridine rings is 1. The molecular weight excluding hydrogens is 234 g/mol. The average molecular weight is 255 g/mol. The number of nitrogens with two attached hydrogens (primary N) is 1. The molecule has 0 radical (unpaired) electrons. The van der Waals surface area contributed by atoms with Gasteiger partial charge in [0.05, 0.1) is 11.2 Å².